The molecule has 1 aromatic carbocycles. The molecular formula is C14H17FINO3. The lowest BCUT2D eigenvalue weighted by Gasteiger charge is -2.39. The summed E-state index contributed by atoms with van der Waals surface area (Å²) in [5.74, 6) is -0.160. The molecule has 1 aromatic rings. The van der Waals surface area contributed by atoms with Crippen molar-refractivity contribution in [3.8, 4) is 5.75 Å². The fourth-order valence-electron chi connectivity index (χ4n) is 1.74. The largest absolute Gasteiger partial charge is 0.484 e. The predicted molar refractivity (Wildman–Crippen MR) is 81.3 cm³/mol. The van der Waals surface area contributed by atoms with Crippen LogP contribution >= 0.6 is 22.6 Å². The van der Waals surface area contributed by atoms with Crippen molar-refractivity contribution >= 4 is 28.7 Å². The molecule has 20 heavy (non-hydrogen) atoms. The summed E-state index contributed by atoms with van der Waals surface area (Å²) in [5, 5.41) is 0. The number of halogens is 2. The average Bonchev–Trinajstić information content (AvgIpc) is 2.22. The fourth-order valence-corrected chi connectivity index (χ4v) is 2.19. The number of nitrogens with zero attached hydrogens (tertiary/aromatic N) is 1. The second-order valence-electron chi connectivity index (χ2n) is 5.70. The Bertz CT molecular complexity index is 510. The molecular weight excluding hydrogens is 376 g/mol. The molecule has 0 aromatic heterocycles. The zero-order valence-corrected chi connectivity index (χ0v) is 13.8. The molecule has 0 aliphatic carbocycles. The van der Waals surface area contributed by atoms with Crippen molar-refractivity contribution in [1.82, 2.24) is 4.90 Å². The van der Waals surface area contributed by atoms with Crippen molar-refractivity contribution in [2.24, 2.45) is 0 Å². The van der Waals surface area contributed by atoms with Gasteiger partial charge in [-0.2, -0.15) is 0 Å². The zero-order valence-electron chi connectivity index (χ0n) is 11.7. The minimum Gasteiger partial charge on any atom is -0.484 e. The molecule has 0 atom stereocenters. The maximum absolute atomic E-state index is 13.6. The van der Waals surface area contributed by atoms with Crippen LogP contribution in [0.15, 0.2) is 18.2 Å². The average molecular weight is 393 g/mol. The molecule has 0 bridgehead atoms. The van der Waals surface area contributed by atoms with Crippen LogP contribution in [0.2, 0.25) is 0 Å². The number of rotatable bonds is 2. The molecule has 2 rings (SSSR count). The summed E-state index contributed by atoms with van der Waals surface area (Å²) < 4.78 is 25.2. The van der Waals surface area contributed by atoms with Gasteiger partial charge in [-0.1, -0.05) is 0 Å². The number of benzene rings is 1. The molecule has 1 aliphatic heterocycles. The van der Waals surface area contributed by atoms with Crippen LogP contribution in [0.3, 0.4) is 0 Å². The Labute approximate surface area is 131 Å². The van der Waals surface area contributed by atoms with Gasteiger partial charge in [0.15, 0.2) is 11.6 Å². The molecule has 6 heteroatoms. The van der Waals surface area contributed by atoms with Gasteiger partial charge in [-0.25, -0.2) is 9.18 Å². The lowest BCUT2D eigenvalue weighted by Crippen LogP contribution is -2.57. The molecule has 1 heterocycles. The molecule has 0 spiro atoms. The van der Waals surface area contributed by atoms with Gasteiger partial charge in [0.2, 0.25) is 0 Å². The van der Waals surface area contributed by atoms with Crippen molar-refractivity contribution in [1.29, 1.82) is 0 Å². The number of likely N-dealkylation sites (tertiary alicyclic amines) is 1. The van der Waals surface area contributed by atoms with Gasteiger partial charge in [0, 0.05) is 3.57 Å². The third-order valence-electron chi connectivity index (χ3n) is 2.69. The van der Waals surface area contributed by atoms with E-state index in [0.717, 1.165) is 3.57 Å². The van der Waals surface area contributed by atoms with Gasteiger partial charge in [0.25, 0.3) is 0 Å². The molecule has 1 aliphatic rings. The van der Waals surface area contributed by atoms with E-state index in [4.69, 9.17) is 9.47 Å². The smallest absolute Gasteiger partial charge is 0.410 e. The van der Waals surface area contributed by atoms with Crippen LogP contribution in [0.5, 0.6) is 5.75 Å². The summed E-state index contributed by atoms with van der Waals surface area (Å²) >= 11 is 2.04. The summed E-state index contributed by atoms with van der Waals surface area (Å²) in [6, 6.07) is 4.80. The Hall–Kier alpha value is -1.05. The molecule has 0 N–H and O–H groups in total. The number of amides is 1. The molecule has 1 amide bonds. The van der Waals surface area contributed by atoms with Crippen molar-refractivity contribution in [2.45, 2.75) is 32.5 Å². The quantitative estimate of drug-likeness (QED) is 0.723. The van der Waals surface area contributed by atoms with Crippen molar-refractivity contribution in [3.63, 3.8) is 0 Å². The molecule has 0 saturated carbocycles. The molecule has 110 valence electrons. The first kappa shape index (κ1) is 15.3. The number of ether oxygens (including phenoxy) is 2. The van der Waals surface area contributed by atoms with Gasteiger partial charge < -0.3 is 14.4 Å². The van der Waals surface area contributed by atoms with Gasteiger partial charge in [-0.15, -0.1) is 0 Å². The number of carbonyl (C=O) groups is 1. The number of hydrogen-bond donors (Lipinski definition) is 0. The first-order chi connectivity index (χ1) is 9.24. The van der Waals surface area contributed by atoms with Crippen molar-refractivity contribution in [3.05, 3.63) is 27.6 Å². The van der Waals surface area contributed by atoms with Crippen LogP contribution in [0, 0.1) is 9.39 Å². The Balaban J connectivity index is 1.83. The second-order valence-corrected chi connectivity index (χ2v) is 6.95. The number of hydrogen-bond acceptors (Lipinski definition) is 3. The Morgan fingerprint density at radius 1 is 1.40 bits per heavy atom. The van der Waals surface area contributed by atoms with E-state index in [1.165, 1.54) is 6.07 Å². The first-order valence-corrected chi connectivity index (χ1v) is 7.42. The van der Waals surface area contributed by atoms with E-state index in [9.17, 15) is 9.18 Å². The zero-order chi connectivity index (χ0) is 14.9. The van der Waals surface area contributed by atoms with Crippen LogP contribution < -0.4 is 4.74 Å². The lowest BCUT2D eigenvalue weighted by atomic mass is 10.1. The van der Waals surface area contributed by atoms with Crippen molar-refractivity contribution < 1.29 is 18.7 Å². The summed E-state index contributed by atoms with van der Waals surface area (Å²) in [4.78, 5) is 13.3. The van der Waals surface area contributed by atoms with Crippen LogP contribution in [0.25, 0.3) is 0 Å². The second kappa shape index (κ2) is 5.75. The number of carbonyl (C=O) groups excluding carboxylic acids is 1. The van der Waals surface area contributed by atoms with Crippen LogP contribution in [0.4, 0.5) is 9.18 Å². The molecule has 0 radical (unpaired) electrons. The summed E-state index contributed by atoms with van der Waals surface area (Å²) in [7, 11) is 0. The van der Waals surface area contributed by atoms with E-state index in [1.54, 1.807) is 17.0 Å². The van der Waals surface area contributed by atoms with Gasteiger partial charge >= 0.3 is 6.09 Å². The van der Waals surface area contributed by atoms with Crippen molar-refractivity contribution in [2.75, 3.05) is 13.1 Å². The SMILES string of the molecule is CC(C)(C)OC(=O)N1CC(Oc2ccc(I)cc2F)C1. The summed E-state index contributed by atoms with van der Waals surface area (Å²) in [5.41, 5.74) is -0.509. The van der Waals surface area contributed by atoms with Crippen LogP contribution in [-0.4, -0.2) is 35.8 Å². The maximum atomic E-state index is 13.6. The van der Waals surface area contributed by atoms with Crippen LogP contribution in [0.1, 0.15) is 20.8 Å². The lowest BCUT2D eigenvalue weighted by molar-refractivity contribution is -0.0229. The standard InChI is InChI=1S/C14H17FINO3/c1-14(2,3)20-13(18)17-7-10(8-17)19-12-5-4-9(16)6-11(12)15/h4-6,10H,7-8H2,1-3H3. The maximum Gasteiger partial charge on any atom is 0.410 e. The fraction of sp³-hybridized carbons (Fsp3) is 0.500. The third-order valence-corrected chi connectivity index (χ3v) is 3.36. The Kier molecular flexibility index (Phi) is 4.41. The van der Waals surface area contributed by atoms with E-state index < -0.39 is 5.60 Å². The highest BCUT2D eigenvalue weighted by atomic mass is 127. The van der Waals surface area contributed by atoms with Gasteiger partial charge in [-0.05, 0) is 61.6 Å². The predicted octanol–water partition coefficient (Wildman–Crippen LogP) is 3.43. The van der Waals surface area contributed by atoms with E-state index in [0.29, 0.717) is 13.1 Å². The van der Waals surface area contributed by atoms with Gasteiger partial charge in [0.1, 0.15) is 11.7 Å². The van der Waals surface area contributed by atoms with E-state index in [1.807, 2.05) is 43.4 Å². The normalized spacial score (nSPS) is 15.8. The highest BCUT2D eigenvalue weighted by Gasteiger charge is 2.35. The minimum atomic E-state index is -0.509. The van der Waals surface area contributed by atoms with Gasteiger partial charge in [-0.3, -0.25) is 0 Å². The highest BCUT2D eigenvalue weighted by molar-refractivity contribution is 14.1. The van der Waals surface area contributed by atoms with Crippen LogP contribution in [-0.2, 0) is 4.74 Å². The minimum absolute atomic E-state index is 0.183. The van der Waals surface area contributed by atoms with Gasteiger partial charge in [0.05, 0.1) is 13.1 Å². The Morgan fingerprint density at radius 3 is 2.60 bits per heavy atom. The highest BCUT2D eigenvalue weighted by Crippen LogP contribution is 2.24. The van der Waals surface area contributed by atoms with E-state index >= 15 is 0 Å². The topological polar surface area (TPSA) is 38.8 Å². The third kappa shape index (κ3) is 3.97. The monoisotopic (exact) mass is 393 g/mol. The summed E-state index contributed by atoms with van der Waals surface area (Å²) in [6.45, 7) is 6.29. The molecule has 1 fully saturated rings. The Morgan fingerprint density at radius 2 is 2.05 bits per heavy atom. The van der Waals surface area contributed by atoms with E-state index in [-0.39, 0.29) is 23.8 Å². The van der Waals surface area contributed by atoms with E-state index in [2.05, 4.69) is 0 Å². The first-order valence-electron chi connectivity index (χ1n) is 6.34. The molecule has 0 unspecified atom stereocenters. The molecule has 4 nitrogen and oxygen atoms in total. The molecule has 1 saturated heterocycles. The summed E-state index contributed by atoms with van der Waals surface area (Å²) in [6.07, 6.45) is -0.544.